The number of unbranched alkanes of at least 4 members (excludes halogenated alkanes) is 1. The quantitative estimate of drug-likeness (QED) is 0.779. The van der Waals surface area contributed by atoms with Crippen molar-refractivity contribution in [3.05, 3.63) is 12.7 Å². The highest BCUT2D eigenvalue weighted by molar-refractivity contribution is 5.69. The molecule has 0 spiro atoms. The Hall–Kier alpha value is -1.65. The number of aromatic nitrogens is 4. The second-order valence-electron chi connectivity index (χ2n) is 4.15. The first-order chi connectivity index (χ1) is 7.90. The van der Waals surface area contributed by atoms with Gasteiger partial charge in [0.15, 0.2) is 11.5 Å². The highest BCUT2D eigenvalue weighted by Crippen LogP contribution is 2.31. The Labute approximate surface area is 94.5 Å². The van der Waals surface area contributed by atoms with Gasteiger partial charge in [-0.25, -0.2) is 15.0 Å². The topological polar surface area (TPSA) is 46.8 Å². The third-order valence-corrected chi connectivity index (χ3v) is 3.07. The molecule has 5 heteroatoms. The second-order valence-corrected chi connectivity index (χ2v) is 4.15. The number of hydrogen-bond donors (Lipinski definition) is 0. The lowest BCUT2D eigenvalue weighted by atomic mass is 10.3. The maximum atomic E-state index is 4.31. The zero-order chi connectivity index (χ0) is 11.0. The van der Waals surface area contributed by atoms with Crippen molar-refractivity contribution in [2.24, 2.45) is 0 Å². The van der Waals surface area contributed by atoms with Gasteiger partial charge < -0.3 is 9.47 Å². The van der Waals surface area contributed by atoms with Crippen LogP contribution in [0.4, 0.5) is 5.82 Å². The molecule has 0 saturated heterocycles. The number of rotatable bonds is 3. The summed E-state index contributed by atoms with van der Waals surface area (Å²) < 4.78 is 2.17. The van der Waals surface area contributed by atoms with E-state index in [1.165, 1.54) is 18.7 Å². The summed E-state index contributed by atoms with van der Waals surface area (Å²) >= 11 is 0. The molecular weight excluding hydrogens is 202 g/mol. The minimum atomic E-state index is 0.759. The van der Waals surface area contributed by atoms with Gasteiger partial charge in [-0.05, 0) is 6.42 Å². The van der Waals surface area contributed by atoms with Gasteiger partial charge in [0.1, 0.15) is 12.1 Å². The van der Waals surface area contributed by atoms with Crippen LogP contribution in [0.25, 0.3) is 11.5 Å². The zero-order valence-electron chi connectivity index (χ0n) is 9.43. The summed E-state index contributed by atoms with van der Waals surface area (Å²) in [6.45, 7) is 5.39. The largest absolute Gasteiger partial charge is 0.354 e. The van der Waals surface area contributed by atoms with Crippen LogP contribution >= 0.6 is 0 Å². The number of fused-ring (bicyclic) bond motifs is 3. The van der Waals surface area contributed by atoms with Crippen molar-refractivity contribution in [2.45, 2.75) is 26.3 Å². The third-order valence-electron chi connectivity index (χ3n) is 3.07. The van der Waals surface area contributed by atoms with Crippen molar-refractivity contribution in [1.82, 2.24) is 19.5 Å². The van der Waals surface area contributed by atoms with E-state index in [2.05, 4.69) is 31.3 Å². The molecule has 0 aromatic heterocycles. The van der Waals surface area contributed by atoms with Gasteiger partial charge in [0, 0.05) is 19.6 Å². The van der Waals surface area contributed by atoms with Crippen molar-refractivity contribution >= 4 is 5.82 Å². The number of anilines is 1. The third kappa shape index (κ3) is 1.35. The van der Waals surface area contributed by atoms with Gasteiger partial charge in [-0.3, -0.25) is 0 Å². The Morgan fingerprint density at radius 1 is 1.25 bits per heavy atom. The molecule has 0 aromatic carbocycles. The van der Waals surface area contributed by atoms with E-state index >= 15 is 0 Å². The molecule has 0 aromatic rings. The molecule has 0 aliphatic carbocycles. The Bertz CT molecular complexity index is 464. The average Bonchev–Trinajstić information content (AvgIpc) is 2.91. The van der Waals surface area contributed by atoms with Gasteiger partial charge in [0.2, 0.25) is 0 Å². The Balaban J connectivity index is 2.00. The van der Waals surface area contributed by atoms with Gasteiger partial charge >= 0.3 is 0 Å². The molecule has 3 rings (SSSR count). The van der Waals surface area contributed by atoms with E-state index in [9.17, 15) is 0 Å². The van der Waals surface area contributed by atoms with Crippen LogP contribution in [0.5, 0.6) is 0 Å². The van der Waals surface area contributed by atoms with Gasteiger partial charge in [-0.1, -0.05) is 13.3 Å². The summed E-state index contributed by atoms with van der Waals surface area (Å²) in [6.07, 6.45) is 5.91. The fourth-order valence-electron chi connectivity index (χ4n) is 2.22. The van der Waals surface area contributed by atoms with Crippen molar-refractivity contribution < 1.29 is 0 Å². The molecule has 3 aliphatic rings. The molecule has 0 fully saturated rings. The molecule has 16 heavy (non-hydrogen) atoms. The van der Waals surface area contributed by atoms with Crippen LogP contribution in [0.3, 0.4) is 0 Å². The monoisotopic (exact) mass is 217 g/mol. The minimum Gasteiger partial charge on any atom is -0.354 e. The summed E-state index contributed by atoms with van der Waals surface area (Å²) in [5.41, 5.74) is 0.941. The van der Waals surface area contributed by atoms with Crippen molar-refractivity contribution in [1.29, 1.82) is 0 Å². The van der Waals surface area contributed by atoms with Gasteiger partial charge in [0.25, 0.3) is 0 Å². The first-order valence-electron chi connectivity index (χ1n) is 5.81. The van der Waals surface area contributed by atoms with E-state index < -0.39 is 0 Å². The molecule has 0 atom stereocenters. The molecule has 5 nitrogen and oxygen atoms in total. The Kier molecular flexibility index (Phi) is 2.23. The van der Waals surface area contributed by atoms with Crippen LogP contribution in [-0.4, -0.2) is 32.6 Å². The summed E-state index contributed by atoms with van der Waals surface area (Å²) in [6, 6.07) is 0. The molecule has 0 radical (unpaired) electrons. The smallest absolute Gasteiger partial charge is 0.184 e. The van der Waals surface area contributed by atoms with Crippen LogP contribution in [0.1, 0.15) is 19.8 Å². The van der Waals surface area contributed by atoms with E-state index in [1.54, 1.807) is 6.33 Å². The molecule has 84 valence electrons. The number of nitrogens with zero attached hydrogens (tertiary/aromatic N) is 5. The van der Waals surface area contributed by atoms with E-state index in [0.717, 1.165) is 31.2 Å². The molecule has 0 bridgehead atoms. The maximum absolute atomic E-state index is 4.31. The molecule has 0 saturated carbocycles. The van der Waals surface area contributed by atoms with Gasteiger partial charge in [-0.2, -0.15) is 0 Å². The number of imidazole rings is 1. The summed E-state index contributed by atoms with van der Waals surface area (Å²) in [5, 5.41) is 0. The first-order valence-corrected chi connectivity index (χ1v) is 5.81. The molecule has 0 N–H and O–H groups in total. The van der Waals surface area contributed by atoms with Crippen molar-refractivity contribution in [3.63, 3.8) is 0 Å². The lowest BCUT2D eigenvalue weighted by Crippen LogP contribution is -2.22. The molecular formula is C11H15N5. The average molecular weight is 217 g/mol. The van der Waals surface area contributed by atoms with E-state index in [-0.39, 0.29) is 0 Å². The van der Waals surface area contributed by atoms with Gasteiger partial charge in [-0.15, -0.1) is 0 Å². The van der Waals surface area contributed by atoms with Crippen LogP contribution in [-0.2, 0) is 6.54 Å². The van der Waals surface area contributed by atoms with Crippen LogP contribution in [0.15, 0.2) is 12.7 Å². The highest BCUT2D eigenvalue weighted by atomic mass is 15.3. The van der Waals surface area contributed by atoms with Crippen LogP contribution in [0, 0.1) is 0 Å². The highest BCUT2D eigenvalue weighted by Gasteiger charge is 2.25. The normalized spacial score (nSPS) is 14.7. The van der Waals surface area contributed by atoms with Crippen LogP contribution in [0.2, 0.25) is 0 Å². The summed E-state index contributed by atoms with van der Waals surface area (Å²) in [7, 11) is 0. The maximum Gasteiger partial charge on any atom is 0.184 e. The predicted molar refractivity (Wildman–Crippen MR) is 61.6 cm³/mol. The lowest BCUT2D eigenvalue weighted by Gasteiger charge is -2.19. The van der Waals surface area contributed by atoms with Crippen molar-refractivity contribution in [2.75, 3.05) is 18.0 Å². The predicted octanol–water partition coefficient (Wildman–Crippen LogP) is 1.40. The second kappa shape index (κ2) is 3.73. The van der Waals surface area contributed by atoms with E-state index in [4.69, 9.17) is 0 Å². The Morgan fingerprint density at radius 2 is 2.19 bits per heavy atom. The minimum absolute atomic E-state index is 0.759. The first kappa shape index (κ1) is 9.57. The number of hydrogen-bond acceptors (Lipinski definition) is 4. The van der Waals surface area contributed by atoms with Crippen molar-refractivity contribution in [3.8, 4) is 11.5 Å². The van der Waals surface area contributed by atoms with Gasteiger partial charge in [0.05, 0.1) is 6.33 Å². The van der Waals surface area contributed by atoms with Crippen LogP contribution < -0.4 is 4.90 Å². The fraction of sp³-hybridized carbons (Fsp3) is 0.545. The summed E-state index contributed by atoms with van der Waals surface area (Å²) in [5.74, 6) is 1.95. The zero-order valence-corrected chi connectivity index (χ0v) is 9.43. The van der Waals surface area contributed by atoms with E-state index in [0.29, 0.717) is 0 Å². The SMILES string of the molecule is CCCCN1CCn2cnc3ncnc-3c21. The Morgan fingerprint density at radius 3 is 3.06 bits per heavy atom. The molecule has 3 heterocycles. The lowest BCUT2D eigenvalue weighted by molar-refractivity contribution is 0.721. The summed E-state index contributed by atoms with van der Waals surface area (Å²) in [4.78, 5) is 15.1. The van der Waals surface area contributed by atoms with E-state index in [1.807, 2.05) is 6.33 Å². The molecule has 3 aliphatic heterocycles. The molecule has 0 amide bonds. The standard InChI is InChI=1S/C11H15N5/c1-2-3-4-15-5-6-16-8-14-10-9(11(15)16)12-7-13-10/h7-8H,2-6H2,1H3. The molecule has 0 unspecified atom stereocenters. The fourth-order valence-corrected chi connectivity index (χ4v) is 2.22.